The van der Waals surface area contributed by atoms with E-state index in [-0.39, 0.29) is 6.04 Å². The number of carboxylic acids is 1. The van der Waals surface area contributed by atoms with Crippen LogP contribution >= 0.6 is 11.6 Å². The van der Waals surface area contributed by atoms with Gasteiger partial charge in [0.05, 0.1) is 5.02 Å². The quantitative estimate of drug-likeness (QED) is 0.900. The number of halogens is 1. The topological polar surface area (TPSA) is 45.5 Å². The molecule has 1 aliphatic carbocycles. The summed E-state index contributed by atoms with van der Waals surface area (Å²) in [5, 5.41) is 9.64. The molecule has 1 aliphatic heterocycles. The zero-order valence-corrected chi connectivity index (χ0v) is 10.2. The van der Waals surface area contributed by atoms with Gasteiger partial charge in [0.2, 0.25) is 0 Å². The van der Waals surface area contributed by atoms with Gasteiger partial charge in [-0.25, -0.2) is 4.79 Å². The summed E-state index contributed by atoms with van der Waals surface area (Å²) in [6.07, 6.45) is 5.35. The van der Waals surface area contributed by atoms with E-state index in [4.69, 9.17) is 16.7 Å². The van der Waals surface area contributed by atoms with Gasteiger partial charge in [-0.15, -0.1) is 0 Å². The molecular weight excluding hydrogens is 240 g/mol. The summed E-state index contributed by atoms with van der Waals surface area (Å²) in [5.74, 6) is -0.901. The van der Waals surface area contributed by atoms with E-state index in [0.29, 0.717) is 10.7 Å². The van der Waals surface area contributed by atoms with Gasteiger partial charge in [-0.2, -0.15) is 0 Å². The van der Waals surface area contributed by atoms with Crippen LogP contribution in [0.1, 0.15) is 35.8 Å². The second-order valence-electron chi connectivity index (χ2n) is 4.92. The number of rotatable bonds is 3. The summed E-state index contributed by atoms with van der Waals surface area (Å²) in [5.41, 5.74) is 0.303. The van der Waals surface area contributed by atoms with E-state index in [1.807, 2.05) is 4.57 Å². The number of hydrogen-bond acceptors (Lipinski definition) is 2. The predicted molar refractivity (Wildman–Crippen MR) is 64.7 cm³/mol. The molecule has 0 amide bonds. The van der Waals surface area contributed by atoms with Gasteiger partial charge in [-0.05, 0) is 25.3 Å². The summed E-state index contributed by atoms with van der Waals surface area (Å²) in [4.78, 5) is 13.6. The average molecular weight is 255 g/mol. The molecule has 2 fully saturated rings. The molecule has 1 saturated carbocycles. The number of aromatic nitrogens is 1. The maximum atomic E-state index is 11.1. The summed E-state index contributed by atoms with van der Waals surface area (Å²) >= 11 is 5.90. The van der Waals surface area contributed by atoms with Crippen LogP contribution in [-0.2, 0) is 0 Å². The van der Waals surface area contributed by atoms with Crippen LogP contribution in [0.5, 0.6) is 0 Å². The highest BCUT2D eigenvalue weighted by Crippen LogP contribution is 2.34. The van der Waals surface area contributed by atoms with Gasteiger partial charge in [-0.3, -0.25) is 4.90 Å². The first-order chi connectivity index (χ1) is 8.15. The van der Waals surface area contributed by atoms with Crippen LogP contribution in [0, 0.1) is 0 Å². The van der Waals surface area contributed by atoms with E-state index in [1.54, 1.807) is 6.20 Å². The Hall–Kier alpha value is -1.00. The van der Waals surface area contributed by atoms with Gasteiger partial charge in [0.25, 0.3) is 0 Å². The van der Waals surface area contributed by atoms with Gasteiger partial charge in [0.1, 0.15) is 5.69 Å². The molecule has 0 radical (unpaired) electrons. The molecule has 1 aromatic rings. The van der Waals surface area contributed by atoms with Crippen molar-refractivity contribution in [2.75, 3.05) is 13.1 Å². The van der Waals surface area contributed by atoms with Crippen molar-refractivity contribution in [1.82, 2.24) is 9.47 Å². The lowest BCUT2D eigenvalue weighted by atomic mass is 10.2. The maximum Gasteiger partial charge on any atom is 0.352 e. The lowest BCUT2D eigenvalue weighted by molar-refractivity contribution is 0.0682. The minimum atomic E-state index is -0.901. The fourth-order valence-corrected chi connectivity index (χ4v) is 2.89. The van der Waals surface area contributed by atoms with Crippen molar-refractivity contribution in [3.05, 3.63) is 23.0 Å². The Labute approximate surface area is 105 Å². The van der Waals surface area contributed by atoms with Crippen molar-refractivity contribution < 1.29 is 9.90 Å². The molecule has 1 atom stereocenters. The molecule has 0 bridgehead atoms. The van der Waals surface area contributed by atoms with Gasteiger partial charge >= 0.3 is 5.97 Å². The molecule has 92 valence electrons. The Morgan fingerprint density at radius 2 is 2.12 bits per heavy atom. The van der Waals surface area contributed by atoms with E-state index < -0.39 is 5.97 Å². The Balaban J connectivity index is 1.81. The summed E-state index contributed by atoms with van der Waals surface area (Å²) in [6, 6.07) is 2.54. The van der Waals surface area contributed by atoms with Crippen LogP contribution in [0.25, 0.3) is 0 Å². The summed E-state index contributed by atoms with van der Waals surface area (Å²) in [7, 11) is 0. The minimum Gasteiger partial charge on any atom is -0.477 e. The smallest absolute Gasteiger partial charge is 0.352 e. The predicted octanol–water partition coefficient (Wildman–Crippen LogP) is 2.25. The first kappa shape index (κ1) is 11.1. The lowest BCUT2D eigenvalue weighted by Crippen LogP contribution is -2.24. The van der Waals surface area contributed by atoms with Crippen LogP contribution in [-0.4, -0.2) is 39.7 Å². The second-order valence-corrected chi connectivity index (χ2v) is 5.36. The molecule has 1 aromatic heterocycles. The molecule has 2 aliphatic rings. The molecule has 4 nitrogen and oxygen atoms in total. The van der Waals surface area contributed by atoms with Crippen LogP contribution in [0.2, 0.25) is 5.02 Å². The fraction of sp³-hybridized carbons (Fsp3) is 0.583. The van der Waals surface area contributed by atoms with E-state index >= 15 is 0 Å². The SMILES string of the molecule is O=C(O)c1cc(Cl)cn1C1CCN(C2CC2)C1. The van der Waals surface area contributed by atoms with E-state index in [1.165, 1.54) is 18.9 Å². The molecule has 0 spiro atoms. The zero-order chi connectivity index (χ0) is 12.0. The Kier molecular flexibility index (Phi) is 2.64. The molecule has 17 heavy (non-hydrogen) atoms. The monoisotopic (exact) mass is 254 g/mol. The normalized spacial score (nSPS) is 25.4. The third-order valence-electron chi connectivity index (χ3n) is 3.69. The molecule has 0 aromatic carbocycles. The number of hydrogen-bond donors (Lipinski definition) is 1. The lowest BCUT2D eigenvalue weighted by Gasteiger charge is -2.17. The van der Waals surface area contributed by atoms with Crippen molar-refractivity contribution in [3.8, 4) is 0 Å². The van der Waals surface area contributed by atoms with Crippen LogP contribution < -0.4 is 0 Å². The average Bonchev–Trinajstić information content (AvgIpc) is 2.88. The zero-order valence-electron chi connectivity index (χ0n) is 9.47. The van der Waals surface area contributed by atoms with Crippen molar-refractivity contribution in [3.63, 3.8) is 0 Å². The summed E-state index contributed by atoms with van der Waals surface area (Å²) in [6.45, 7) is 2.03. The van der Waals surface area contributed by atoms with Gasteiger partial charge in [-0.1, -0.05) is 11.6 Å². The minimum absolute atomic E-state index is 0.259. The molecule has 1 saturated heterocycles. The van der Waals surface area contributed by atoms with Crippen molar-refractivity contribution in [2.45, 2.75) is 31.3 Å². The Bertz CT molecular complexity index is 453. The number of nitrogens with zero attached hydrogens (tertiary/aromatic N) is 2. The maximum absolute atomic E-state index is 11.1. The third kappa shape index (κ3) is 2.07. The number of likely N-dealkylation sites (tertiary alicyclic amines) is 1. The van der Waals surface area contributed by atoms with E-state index in [2.05, 4.69) is 4.90 Å². The van der Waals surface area contributed by atoms with Crippen LogP contribution in [0.4, 0.5) is 0 Å². The van der Waals surface area contributed by atoms with Crippen molar-refractivity contribution >= 4 is 17.6 Å². The molecule has 1 N–H and O–H groups in total. The first-order valence-electron chi connectivity index (χ1n) is 6.00. The Morgan fingerprint density at radius 3 is 2.76 bits per heavy atom. The fourth-order valence-electron chi connectivity index (χ4n) is 2.69. The van der Waals surface area contributed by atoms with Gasteiger partial charge < -0.3 is 9.67 Å². The number of carbonyl (C=O) groups is 1. The molecule has 3 rings (SSSR count). The molecule has 1 unspecified atom stereocenters. The summed E-state index contributed by atoms with van der Waals surface area (Å²) < 4.78 is 1.83. The van der Waals surface area contributed by atoms with Crippen molar-refractivity contribution in [1.29, 1.82) is 0 Å². The molecular formula is C12H15ClN2O2. The van der Waals surface area contributed by atoms with Gasteiger partial charge in [0, 0.05) is 31.4 Å². The second kappa shape index (κ2) is 4.03. The van der Waals surface area contributed by atoms with Crippen molar-refractivity contribution in [2.24, 2.45) is 0 Å². The number of aromatic carboxylic acids is 1. The highest BCUT2D eigenvalue weighted by molar-refractivity contribution is 6.30. The standard InChI is InChI=1S/C12H15ClN2O2/c13-8-5-11(12(16)17)15(6-8)10-3-4-14(7-10)9-1-2-9/h5-6,9-10H,1-4,7H2,(H,16,17). The van der Waals surface area contributed by atoms with E-state index in [9.17, 15) is 4.79 Å². The first-order valence-corrected chi connectivity index (χ1v) is 6.37. The highest BCUT2D eigenvalue weighted by Gasteiger charge is 2.35. The molecule has 5 heteroatoms. The van der Waals surface area contributed by atoms with Crippen LogP contribution in [0.3, 0.4) is 0 Å². The number of carboxylic acid groups (broad SMARTS) is 1. The van der Waals surface area contributed by atoms with E-state index in [0.717, 1.165) is 25.6 Å². The third-order valence-corrected chi connectivity index (χ3v) is 3.89. The van der Waals surface area contributed by atoms with Gasteiger partial charge in [0.15, 0.2) is 0 Å². The molecule has 2 heterocycles. The van der Waals surface area contributed by atoms with Crippen LogP contribution in [0.15, 0.2) is 12.3 Å². The highest BCUT2D eigenvalue weighted by atomic mass is 35.5. The Morgan fingerprint density at radius 1 is 1.35 bits per heavy atom. The largest absolute Gasteiger partial charge is 0.477 e.